The van der Waals surface area contributed by atoms with Crippen LogP contribution in [0.15, 0.2) is 24.3 Å². The van der Waals surface area contributed by atoms with Crippen LogP contribution < -0.4 is 5.32 Å². The van der Waals surface area contributed by atoms with E-state index in [2.05, 4.69) is 5.32 Å². The molecule has 0 aromatic heterocycles. The average molecular weight is 272 g/mol. The van der Waals surface area contributed by atoms with E-state index in [4.69, 9.17) is 10.00 Å². The Kier molecular flexibility index (Phi) is 4.04. The topological polar surface area (TPSA) is 79.2 Å². The molecule has 1 N–H and O–H groups in total. The molecule has 2 rings (SSSR count). The van der Waals surface area contributed by atoms with E-state index in [0.29, 0.717) is 17.2 Å². The van der Waals surface area contributed by atoms with E-state index in [1.165, 1.54) is 6.92 Å². The second-order valence-corrected chi connectivity index (χ2v) is 5.08. The molecule has 1 saturated carbocycles. The van der Waals surface area contributed by atoms with Crippen molar-refractivity contribution in [1.29, 1.82) is 5.26 Å². The third-order valence-electron chi connectivity index (χ3n) is 3.33. The number of carbonyl (C=O) groups excluding carboxylic acids is 2. The molecule has 1 aromatic rings. The second kappa shape index (κ2) is 5.74. The highest BCUT2D eigenvalue weighted by Gasteiger charge is 2.41. The summed E-state index contributed by atoms with van der Waals surface area (Å²) in [6.45, 7) is 3.51. The predicted molar refractivity (Wildman–Crippen MR) is 72.6 cm³/mol. The van der Waals surface area contributed by atoms with Gasteiger partial charge in [0.25, 0.3) is 5.91 Å². The maximum Gasteiger partial charge on any atom is 0.309 e. The van der Waals surface area contributed by atoms with E-state index in [1.54, 1.807) is 24.3 Å². The van der Waals surface area contributed by atoms with Gasteiger partial charge in [0.2, 0.25) is 0 Å². The summed E-state index contributed by atoms with van der Waals surface area (Å²) in [7, 11) is 0. The fourth-order valence-corrected chi connectivity index (χ4v) is 1.88. The molecule has 1 amide bonds. The molecule has 104 valence electrons. The van der Waals surface area contributed by atoms with E-state index in [0.717, 1.165) is 6.42 Å². The number of anilines is 1. The number of hydrogen-bond donors (Lipinski definition) is 1. The lowest BCUT2D eigenvalue weighted by atomic mass is 10.2. The lowest BCUT2D eigenvalue weighted by Crippen LogP contribution is -2.30. The second-order valence-electron chi connectivity index (χ2n) is 5.08. The van der Waals surface area contributed by atoms with Crippen LogP contribution in [-0.2, 0) is 14.3 Å². The largest absolute Gasteiger partial charge is 0.452 e. The third-order valence-corrected chi connectivity index (χ3v) is 3.33. The Morgan fingerprint density at radius 1 is 1.50 bits per heavy atom. The van der Waals surface area contributed by atoms with Gasteiger partial charge < -0.3 is 10.1 Å². The predicted octanol–water partition coefficient (Wildman–Crippen LogP) is 2.08. The van der Waals surface area contributed by atoms with Crippen molar-refractivity contribution in [2.45, 2.75) is 26.4 Å². The molecule has 5 nitrogen and oxygen atoms in total. The Morgan fingerprint density at radius 2 is 2.20 bits per heavy atom. The normalized spacial score (nSPS) is 21.4. The van der Waals surface area contributed by atoms with Crippen LogP contribution in [0.4, 0.5) is 5.69 Å². The van der Waals surface area contributed by atoms with Crippen molar-refractivity contribution in [3.05, 3.63) is 29.8 Å². The van der Waals surface area contributed by atoms with Crippen molar-refractivity contribution in [1.82, 2.24) is 0 Å². The van der Waals surface area contributed by atoms with Gasteiger partial charge in [-0.3, -0.25) is 9.59 Å². The van der Waals surface area contributed by atoms with Crippen LogP contribution in [-0.4, -0.2) is 18.0 Å². The maximum atomic E-state index is 11.9. The van der Waals surface area contributed by atoms with Crippen LogP contribution in [0.3, 0.4) is 0 Å². The fourth-order valence-electron chi connectivity index (χ4n) is 1.88. The van der Waals surface area contributed by atoms with Gasteiger partial charge in [-0.05, 0) is 37.5 Å². The van der Waals surface area contributed by atoms with Crippen LogP contribution in [0.25, 0.3) is 0 Å². The Hall–Kier alpha value is -2.35. The molecule has 0 radical (unpaired) electrons. The van der Waals surface area contributed by atoms with E-state index in [1.807, 2.05) is 13.0 Å². The molecule has 1 aromatic carbocycles. The molecule has 0 saturated heterocycles. The number of carbonyl (C=O) groups is 2. The number of rotatable bonds is 4. The molecule has 1 aliphatic rings. The van der Waals surface area contributed by atoms with Gasteiger partial charge in [0.05, 0.1) is 17.6 Å². The molecular formula is C15H16N2O3. The molecule has 20 heavy (non-hydrogen) atoms. The molecule has 1 aliphatic carbocycles. The molecule has 0 unspecified atom stereocenters. The Bertz CT molecular complexity index is 577. The first-order chi connectivity index (χ1) is 9.51. The zero-order valence-corrected chi connectivity index (χ0v) is 11.4. The van der Waals surface area contributed by atoms with Crippen LogP contribution in [0.2, 0.25) is 0 Å². The summed E-state index contributed by atoms with van der Waals surface area (Å²) in [5.74, 6) is -0.426. The van der Waals surface area contributed by atoms with Gasteiger partial charge in [-0.25, -0.2) is 0 Å². The minimum absolute atomic E-state index is 0.0628. The summed E-state index contributed by atoms with van der Waals surface area (Å²) in [5.41, 5.74) is 0.969. The lowest BCUT2D eigenvalue weighted by molar-refractivity contribution is -0.154. The first kappa shape index (κ1) is 14.1. The third kappa shape index (κ3) is 3.35. The first-order valence-electron chi connectivity index (χ1n) is 6.52. The van der Waals surface area contributed by atoms with Gasteiger partial charge in [-0.15, -0.1) is 0 Å². The summed E-state index contributed by atoms with van der Waals surface area (Å²) >= 11 is 0. The lowest BCUT2D eigenvalue weighted by Gasteiger charge is -2.13. The highest BCUT2D eigenvalue weighted by molar-refractivity contribution is 5.95. The van der Waals surface area contributed by atoms with Gasteiger partial charge in [0, 0.05) is 5.69 Å². The Labute approximate surface area is 117 Å². The minimum atomic E-state index is -0.846. The van der Waals surface area contributed by atoms with Crippen molar-refractivity contribution >= 4 is 17.6 Å². The number of esters is 1. The molecule has 0 bridgehead atoms. The van der Waals surface area contributed by atoms with E-state index < -0.39 is 12.0 Å². The Balaban J connectivity index is 1.90. The van der Waals surface area contributed by atoms with E-state index in [9.17, 15) is 9.59 Å². The SMILES string of the molecule is C[C@H](OC(=O)[C@H]1C[C@H]1C)C(=O)Nc1cccc(C#N)c1. The van der Waals surface area contributed by atoms with Crippen LogP contribution in [0.5, 0.6) is 0 Å². The van der Waals surface area contributed by atoms with Gasteiger partial charge in [0.15, 0.2) is 6.10 Å². The molecule has 3 atom stereocenters. The van der Waals surface area contributed by atoms with Gasteiger partial charge in [-0.1, -0.05) is 13.0 Å². The van der Waals surface area contributed by atoms with E-state index in [-0.39, 0.29) is 11.9 Å². The van der Waals surface area contributed by atoms with Crippen LogP contribution >= 0.6 is 0 Å². The number of ether oxygens (including phenoxy) is 1. The van der Waals surface area contributed by atoms with Crippen molar-refractivity contribution in [2.24, 2.45) is 11.8 Å². The highest BCUT2D eigenvalue weighted by atomic mass is 16.5. The number of nitrogens with one attached hydrogen (secondary N) is 1. The molecular weight excluding hydrogens is 256 g/mol. The maximum absolute atomic E-state index is 11.9. The fraction of sp³-hybridized carbons (Fsp3) is 0.400. The summed E-state index contributed by atoms with van der Waals surface area (Å²) in [4.78, 5) is 23.5. The smallest absolute Gasteiger partial charge is 0.309 e. The highest BCUT2D eigenvalue weighted by Crippen LogP contribution is 2.38. The quantitative estimate of drug-likeness (QED) is 0.851. The number of nitriles is 1. The molecule has 0 aliphatic heterocycles. The first-order valence-corrected chi connectivity index (χ1v) is 6.52. The summed E-state index contributed by atoms with van der Waals surface area (Å²) < 4.78 is 5.12. The van der Waals surface area contributed by atoms with Crippen molar-refractivity contribution in [3.8, 4) is 6.07 Å². The minimum Gasteiger partial charge on any atom is -0.452 e. The number of hydrogen-bond acceptors (Lipinski definition) is 4. The standard InChI is InChI=1S/C15H16N2O3/c1-9-6-13(9)15(19)20-10(2)14(18)17-12-5-3-4-11(7-12)8-16/h3-5,7,9-10,13H,6H2,1-2H3,(H,17,18)/t9-,10+,13+/m1/s1. The van der Waals surface area contributed by atoms with Crippen molar-refractivity contribution in [2.75, 3.05) is 5.32 Å². The monoisotopic (exact) mass is 272 g/mol. The molecule has 0 heterocycles. The average Bonchev–Trinajstić information content (AvgIpc) is 3.16. The zero-order valence-electron chi connectivity index (χ0n) is 11.4. The molecule has 1 fully saturated rings. The molecule has 5 heteroatoms. The van der Waals surface area contributed by atoms with Gasteiger partial charge in [-0.2, -0.15) is 5.26 Å². The van der Waals surface area contributed by atoms with Crippen LogP contribution in [0, 0.1) is 23.2 Å². The number of benzene rings is 1. The zero-order chi connectivity index (χ0) is 14.7. The summed E-state index contributed by atoms with van der Waals surface area (Å²) in [6.07, 6.45) is -0.0155. The summed E-state index contributed by atoms with van der Waals surface area (Å²) in [5, 5.41) is 11.4. The number of nitrogens with zero attached hydrogens (tertiary/aromatic N) is 1. The van der Waals surface area contributed by atoms with Crippen LogP contribution in [0.1, 0.15) is 25.8 Å². The molecule has 0 spiro atoms. The van der Waals surface area contributed by atoms with E-state index >= 15 is 0 Å². The van der Waals surface area contributed by atoms with Crippen molar-refractivity contribution < 1.29 is 14.3 Å². The van der Waals surface area contributed by atoms with Gasteiger partial charge in [0.1, 0.15) is 0 Å². The van der Waals surface area contributed by atoms with Crippen molar-refractivity contribution in [3.63, 3.8) is 0 Å². The van der Waals surface area contributed by atoms with Gasteiger partial charge >= 0.3 is 5.97 Å². The summed E-state index contributed by atoms with van der Waals surface area (Å²) in [6, 6.07) is 8.56. The Morgan fingerprint density at radius 3 is 2.80 bits per heavy atom. The number of amides is 1.